The summed E-state index contributed by atoms with van der Waals surface area (Å²) in [7, 11) is -2.67. The lowest BCUT2D eigenvalue weighted by molar-refractivity contribution is 0.0598. The molecule has 2 rings (SSSR count). The number of nitrogens with two attached hydrogens (primary N) is 1. The summed E-state index contributed by atoms with van der Waals surface area (Å²) in [5.41, 5.74) is 0.368. The molecule has 0 aliphatic heterocycles. The molecule has 0 unspecified atom stereocenters. The van der Waals surface area contributed by atoms with E-state index >= 15 is 0 Å². The van der Waals surface area contributed by atoms with Crippen LogP contribution in [0.15, 0.2) is 38.1 Å². The molecule has 1 aromatic heterocycles. The standard InChI is InChI=1S/C15H15BrN2O6S/c1-8-11(15(20)23-2)5-9(24-8)7-18-14(19)12-6-10(25(17,21)22)3-4-13(12)16/h3-6H,7H2,1-2H3,(H,18,19)(H2,17,21,22). The molecule has 0 saturated carbocycles. The summed E-state index contributed by atoms with van der Waals surface area (Å²) in [5, 5.41) is 7.65. The van der Waals surface area contributed by atoms with Gasteiger partial charge in [0.05, 0.1) is 24.1 Å². The van der Waals surface area contributed by atoms with Crippen molar-refractivity contribution < 1.29 is 27.2 Å². The molecule has 1 heterocycles. The lowest BCUT2D eigenvalue weighted by Gasteiger charge is -2.07. The number of sulfonamides is 1. The number of amides is 1. The van der Waals surface area contributed by atoms with Gasteiger partial charge in [-0.25, -0.2) is 18.4 Å². The fourth-order valence-corrected chi connectivity index (χ4v) is 3.03. The van der Waals surface area contributed by atoms with Crippen LogP contribution >= 0.6 is 15.9 Å². The van der Waals surface area contributed by atoms with Crippen molar-refractivity contribution in [3.8, 4) is 0 Å². The van der Waals surface area contributed by atoms with Gasteiger partial charge in [-0.2, -0.15) is 0 Å². The average molecular weight is 431 g/mol. The Morgan fingerprint density at radius 3 is 2.56 bits per heavy atom. The van der Waals surface area contributed by atoms with Gasteiger partial charge >= 0.3 is 5.97 Å². The number of esters is 1. The lowest BCUT2D eigenvalue weighted by Crippen LogP contribution is -2.23. The first-order valence-corrected chi connectivity index (χ1v) is 9.25. The normalized spacial score (nSPS) is 11.2. The smallest absolute Gasteiger partial charge is 0.341 e. The molecule has 0 atom stereocenters. The lowest BCUT2D eigenvalue weighted by atomic mass is 10.2. The Labute approximate surface area is 152 Å². The Balaban J connectivity index is 2.17. The van der Waals surface area contributed by atoms with Crippen LogP contribution in [0.2, 0.25) is 0 Å². The summed E-state index contributed by atoms with van der Waals surface area (Å²) in [4.78, 5) is 23.7. The first-order chi connectivity index (χ1) is 11.6. The fraction of sp³-hybridized carbons (Fsp3) is 0.200. The van der Waals surface area contributed by atoms with Crippen molar-refractivity contribution in [2.24, 2.45) is 5.14 Å². The van der Waals surface area contributed by atoms with Gasteiger partial charge in [0.25, 0.3) is 5.91 Å². The molecular formula is C15H15BrN2O6S. The Morgan fingerprint density at radius 1 is 1.28 bits per heavy atom. The van der Waals surface area contributed by atoms with Gasteiger partial charge in [-0.1, -0.05) is 0 Å². The number of rotatable bonds is 5. The first kappa shape index (κ1) is 19.2. The number of ether oxygens (including phenoxy) is 1. The maximum absolute atomic E-state index is 12.3. The van der Waals surface area contributed by atoms with E-state index in [4.69, 9.17) is 9.56 Å². The van der Waals surface area contributed by atoms with Gasteiger partial charge in [-0.05, 0) is 47.1 Å². The molecule has 0 bridgehead atoms. The number of furan rings is 1. The molecule has 1 aromatic carbocycles. The van der Waals surface area contributed by atoms with Crippen LogP contribution in [0, 0.1) is 6.92 Å². The fourth-order valence-electron chi connectivity index (χ4n) is 2.06. The van der Waals surface area contributed by atoms with Crippen molar-refractivity contribution >= 4 is 37.8 Å². The van der Waals surface area contributed by atoms with Crippen LogP contribution < -0.4 is 10.5 Å². The summed E-state index contributed by atoms with van der Waals surface area (Å²) in [6.07, 6.45) is 0. The Kier molecular flexibility index (Phi) is 5.65. The number of methoxy groups -OCH3 is 1. The summed E-state index contributed by atoms with van der Waals surface area (Å²) in [5.74, 6) is -0.355. The van der Waals surface area contributed by atoms with Gasteiger partial charge in [0.15, 0.2) is 0 Å². The second-order valence-electron chi connectivity index (χ2n) is 5.04. The molecule has 8 nitrogen and oxygen atoms in total. The summed E-state index contributed by atoms with van der Waals surface area (Å²) < 4.78 is 33.2. The third kappa shape index (κ3) is 4.47. The molecule has 10 heteroatoms. The molecule has 25 heavy (non-hydrogen) atoms. The van der Waals surface area contributed by atoms with Crippen LogP contribution in [-0.4, -0.2) is 27.4 Å². The maximum atomic E-state index is 12.3. The van der Waals surface area contributed by atoms with Crippen LogP contribution in [0.4, 0.5) is 0 Å². The van der Waals surface area contributed by atoms with E-state index in [1.807, 2.05) is 0 Å². The molecular weight excluding hydrogens is 416 g/mol. The van der Waals surface area contributed by atoms with Gasteiger partial charge in [-0.3, -0.25) is 4.79 Å². The quantitative estimate of drug-likeness (QED) is 0.694. The zero-order valence-electron chi connectivity index (χ0n) is 13.3. The summed E-state index contributed by atoms with van der Waals surface area (Å²) >= 11 is 3.19. The number of halogens is 1. The number of hydrogen-bond donors (Lipinski definition) is 2. The molecule has 1 amide bonds. The minimum absolute atomic E-state index is 0.00269. The average Bonchev–Trinajstić information content (AvgIpc) is 2.92. The van der Waals surface area contributed by atoms with E-state index in [-0.39, 0.29) is 22.6 Å². The Morgan fingerprint density at radius 2 is 1.96 bits per heavy atom. The van der Waals surface area contributed by atoms with Crippen molar-refractivity contribution in [1.82, 2.24) is 5.32 Å². The molecule has 0 aliphatic rings. The number of nitrogens with one attached hydrogen (secondary N) is 1. The van der Waals surface area contributed by atoms with E-state index in [1.54, 1.807) is 6.92 Å². The highest BCUT2D eigenvalue weighted by atomic mass is 79.9. The SMILES string of the molecule is COC(=O)c1cc(CNC(=O)c2cc(S(N)(=O)=O)ccc2Br)oc1C. The third-order valence-electron chi connectivity index (χ3n) is 3.31. The van der Waals surface area contributed by atoms with E-state index in [9.17, 15) is 18.0 Å². The van der Waals surface area contributed by atoms with E-state index in [0.29, 0.717) is 16.0 Å². The Hall–Kier alpha value is -2.17. The number of primary sulfonamides is 1. The minimum Gasteiger partial charge on any atom is -0.465 e. The number of carbonyl (C=O) groups excluding carboxylic acids is 2. The maximum Gasteiger partial charge on any atom is 0.341 e. The molecule has 134 valence electrons. The van der Waals surface area contributed by atoms with Crippen LogP contribution in [0.25, 0.3) is 0 Å². The molecule has 2 aromatic rings. The van der Waals surface area contributed by atoms with Gasteiger partial charge in [0.1, 0.15) is 17.1 Å². The van der Waals surface area contributed by atoms with E-state index in [1.165, 1.54) is 31.4 Å². The Bertz CT molecular complexity index is 935. The van der Waals surface area contributed by atoms with Gasteiger partial charge < -0.3 is 14.5 Å². The topological polar surface area (TPSA) is 129 Å². The molecule has 0 saturated heterocycles. The van der Waals surface area contributed by atoms with Crippen molar-refractivity contribution in [1.29, 1.82) is 0 Å². The highest BCUT2D eigenvalue weighted by Crippen LogP contribution is 2.21. The first-order valence-electron chi connectivity index (χ1n) is 6.91. The second kappa shape index (κ2) is 7.38. The molecule has 0 radical (unpaired) electrons. The van der Waals surface area contributed by atoms with Crippen LogP contribution in [0.3, 0.4) is 0 Å². The van der Waals surface area contributed by atoms with Gasteiger partial charge in [-0.15, -0.1) is 0 Å². The molecule has 0 aliphatic carbocycles. The van der Waals surface area contributed by atoms with Gasteiger partial charge in [0, 0.05) is 4.47 Å². The van der Waals surface area contributed by atoms with Gasteiger partial charge in [0.2, 0.25) is 10.0 Å². The predicted octanol–water partition coefficient (Wildman–Crippen LogP) is 1.71. The highest BCUT2D eigenvalue weighted by Gasteiger charge is 2.18. The minimum atomic E-state index is -3.93. The van der Waals surface area contributed by atoms with E-state index in [0.717, 1.165) is 0 Å². The zero-order valence-corrected chi connectivity index (χ0v) is 15.7. The molecule has 3 N–H and O–H groups in total. The van der Waals surface area contributed by atoms with Crippen LogP contribution in [-0.2, 0) is 21.3 Å². The number of hydrogen-bond acceptors (Lipinski definition) is 6. The number of benzene rings is 1. The third-order valence-corrected chi connectivity index (χ3v) is 4.91. The van der Waals surface area contributed by atoms with E-state index in [2.05, 4.69) is 26.0 Å². The van der Waals surface area contributed by atoms with Crippen LogP contribution in [0.1, 0.15) is 32.2 Å². The number of carbonyl (C=O) groups is 2. The summed E-state index contributed by atoms with van der Waals surface area (Å²) in [6.45, 7) is 1.60. The van der Waals surface area contributed by atoms with E-state index < -0.39 is 21.9 Å². The highest BCUT2D eigenvalue weighted by molar-refractivity contribution is 9.10. The van der Waals surface area contributed by atoms with Crippen molar-refractivity contribution in [2.45, 2.75) is 18.4 Å². The largest absolute Gasteiger partial charge is 0.465 e. The van der Waals surface area contributed by atoms with Crippen molar-refractivity contribution in [3.63, 3.8) is 0 Å². The monoisotopic (exact) mass is 430 g/mol. The second-order valence-corrected chi connectivity index (χ2v) is 7.46. The van der Waals surface area contributed by atoms with Crippen LogP contribution in [0.5, 0.6) is 0 Å². The van der Waals surface area contributed by atoms with Crippen molar-refractivity contribution in [2.75, 3.05) is 7.11 Å². The predicted molar refractivity (Wildman–Crippen MR) is 91.5 cm³/mol. The number of aryl methyl sites for hydroxylation is 1. The molecule has 0 spiro atoms. The van der Waals surface area contributed by atoms with Crippen molar-refractivity contribution in [3.05, 3.63) is 51.4 Å². The zero-order chi connectivity index (χ0) is 18.8. The summed E-state index contributed by atoms with van der Waals surface area (Å²) in [6, 6.07) is 5.34. The molecule has 0 fully saturated rings.